The second-order valence-electron chi connectivity index (χ2n) is 4.54. The van der Waals surface area contributed by atoms with E-state index in [1.165, 1.54) is 0 Å². The van der Waals surface area contributed by atoms with Gasteiger partial charge in [-0.3, -0.25) is 0 Å². The predicted molar refractivity (Wildman–Crippen MR) is 81.7 cm³/mol. The van der Waals surface area contributed by atoms with Crippen molar-refractivity contribution in [3.8, 4) is 0 Å². The Kier molecular flexibility index (Phi) is 14.6. The van der Waals surface area contributed by atoms with Crippen LogP contribution in [0.25, 0.3) is 0 Å². The number of ether oxygens (including phenoxy) is 4. The van der Waals surface area contributed by atoms with Gasteiger partial charge in [0.05, 0.1) is 52.9 Å². The Hall–Kier alpha value is -0.800. The number of aliphatic hydroxyl groups is 3. The van der Waals surface area contributed by atoms with E-state index in [1.807, 2.05) is 0 Å². The van der Waals surface area contributed by atoms with Gasteiger partial charge in [-0.25, -0.2) is 0 Å². The van der Waals surface area contributed by atoms with Crippen molar-refractivity contribution in [3.05, 3.63) is 25.3 Å². The van der Waals surface area contributed by atoms with Gasteiger partial charge in [0.15, 0.2) is 0 Å². The van der Waals surface area contributed by atoms with E-state index in [-0.39, 0.29) is 39.6 Å². The minimum absolute atomic E-state index is 0.112. The lowest BCUT2D eigenvalue weighted by atomic mass is 10.3. The first-order valence-electron chi connectivity index (χ1n) is 7.18. The van der Waals surface area contributed by atoms with Crippen LogP contribution in [0.15, 0.2) is 25.3 Å². The Bertz CT molecular complexity index is 269. The van der Waals surface area contributed by atoms with Crippen LogP contribution in [0.4, 0.5) is 0 Å². The Morgan fingerprint density at radius 2 is 1.23 bits per heavy atom. The van der Waals surface area contributed by atoms with Crippen LogP contribution in [-0.2, 0) is 18.9 Å². The lowest BCUT2D eigenvalue weighted by Gasteiger charge is -2.25. The molecule has 0 radical (unpaired) electrons. The largest absolute Gasteiger partial charge is 0.394 e. The molecule has 2 atom stereocenters. The molecule has 0 aromatic rings. The molecule has 0 amide bonds. The first kappa shape index (κ1) is 21.2. The van der Waals surface area contributed by atoms with Crippen molar-refractivity contribution in [1.29, 1.82) is 0 Å². The fourth-order valence-corrected chi connectivity index (χ4v) is 1.51. The molecule has 3 N–H and O–H groups in total. The van der Waals surface area contributed by atoms with Crippen molar-refractivity contribution in [1.82, 2.24) is 0 Å². The number of hydrogen-bond acceptors (Lipinski definition) is 7. The molecule has 0 bridgehead atoms. The molecule has 0 aromatic carbocycles. The molecule has 0 aliphatic carbocycles. The summed E-state index contributed by atoms with van der Waals surface area (Å²) in [6, 6.07) is 0. The smallest absolute Gasteiger partial charge is 0.105 e. The highest BCUT2D eigenvalue weighted by atomic mass is 16.6. The van der Waals surface area contributed by atoms with Gasteiger partial charge >= 0.3 is 0 Å². The van der Waals surface area contributed by atoms with E-state index < -0.39 is 18.3 Å². The molecule has 0 aromatic heterocycles. The lowest BCUT2D eigenvalue weighted by molar-refractivity contribution is -0.135. The molecule has 0 spiro atoms. The van der Waals surface area contributed by atoms with Gasteiger partial charge in [0.25, 0.3) is 0 Å². The second-order valence-corrected chi connectivity index (χ2v) is 4.54. The maximum Gasteiger partial charge on any atom is 0.105 e. The lowest BCUT2D eigenvalue weighted by Crippen LogP contribution is -2.37. The maximum atomic E-state index is 9.31. The third-order valence-corrected chi connectivity index (χ3v) is 2.59. The molecule has 0 aliphatic rings. The molecule has 0 fully saturated rings. The van der Waals surface area contributed by atoms with Gasteiger partial charge < -0.3 is 34.3 Å². The highest BCUT2D eigenvalue weighted by Crippen LogP contribution is 2.04. The molecule has 2 unspecified atom stereocenters. The molecular weight excluding hydrogens is 292 g/mol. The summed E-state index contributed by atoms with van der Waals surface area (Å²) in [6.07, 6.45) is 1.55. The van der Waals surface area contributed by atoms with Gasteiger partial charge in [-0.1, -0.05) is 12.2 Å². The minimum atomic E-state index is -0.671. The van der Waals surface area contributed by atoms with Gasteiger partial charge in [-0.2, -0.15) is 0 Å². The number of aliphatic hydroxyl groups excluding tert-OH is 3. The summed E-state index contributed by atoms with van der Waals surface area (Å²) in [5, 5.41) is 27.3. The summed E-state index contributed by atoms with van der Waals surface area (Å²) in [5.41, 5.74) is 0. The fraction of sp³-hybridized carbons (Fsp3) is 0.733. The molecule has 7 nitrogen and oxygen atoms in total. The van der Waals surface area contributed by atoms with Gasteiger partial charge in [0, 0.05) is 0 Å². The summed E-state index contributed by atoms with van der Waals surface area (Å²) in [4.78, 5) is 0. The molecule has 130 valence electrons. The Balaban J connectivity index is 4.33. The molecule has 0 saturated heterocycles. The number of hydrogen-bond donors (Lipinski definition) is 3. The van der Waals surface area contributed by atoms with Crippen molar-refractivity contribution >= 4 is 0 Å². The van der Waals surface area contributed by atoms with Crippen LogP contribution in [0.2, 0.25) is 0 Å². The maximum absolute atomic E-state index is 9.31. The van der Waals surface area contributed by atoms with Crippen LogP contribution in [0.3, 0.4) is 0 Å². The van der Waals surface area contributed by atoms with Crippen LogP contribution in [0, 0.1) is 0 Å². The van der Waals surface area contributed by atoms with E-state index in [0.29, 0.717) is 13.2 Å². The fourth-order valence-electron chi connectivity index (χ4n) is 1.51. The van der Waals surface area contributed by atoms with Crippen molar-refractivity contribution in [2.24, 2.45) is 0 Å². The predicted octanol–water partition coefficient (Wildman–Crippen LogP) is -0.492. The average Bonchev–Trinajstić information content (AvgIpc) is 2.54. The molecule has 0 saturated carbocycles. The molecule has 0 rings (SSSR count). The van der Waals surface area contributed by atoms with Crippen LogP contribution in [0.1, 0.15) is 0 Å². The average molecular weight is 320 g/mol. The van der Waals surface area contributed by atoms with E-state index in [1.54, 1.807) is 12.2 Å². The van der Waals surface area contributed by atoms with Gasteiger partial charge in [0.1, 0.15) is 18.3 Å². The Morgan fingerprint density at radius 3 is 1.68 bits per heavy atom. The van der Waals surface area contributed by atoms with E-state index in [0.717, 1.165) is 0 Å². The van der Waals surface area contributed by atoms with Crippen molar-refractivity contribution in [2.45, 2.75) is 18.3 Å². The first-order chi connectivity index (χ1) is 10.7. The summed E-state index contributed by atoms with van der Waals surface area (Å²) >= 11 is 0. The topological polar surface area (TPSA) is 97.6 Å². The van der Waals surface area contributed by atoms with E-state index in [4.69, 9.17) is 29.2 Å². The third kappa shape index (κ3) is 10.9. The highest BCUT2D eigenvalue weighted by Gasteiger charge is 2.19. The summed E-state index contributed by atoms with van der Waals surface area (Å²) < 4.78 is 21.6. The van der Waals surface area contributed by atoms with Crippen LogP contribution >= 0.6 is 0 Å². The van der Waals surface area contributed by atoms with Crippen LogP contribution < -0.4 is 0 Å². The van der Waals surface area contributed by atoms with Crippen molar-refractivity contribution < 1.29 is 34.3 Å². The molecule has 0 aliphatic heterocycles. The van der Waals surface area contributed by atoms with E-state index >= 15 is 0 Å². The van der Waals surface area contributed by atoms with Gasteiger partial charge in [0.2, 0.25) is 0 Å². The zero-order valence-corrected chi connectivity index (χ0v) is 12.9. The molecule has 7 heteroatoms. The highest BCUT2D eigenvalue weighted by molar-refractivity contribution is 4.69. The third-order valence-electron chi connectivity index (χ3n) is 2.59. The molecular formula is C15H28O7. The minimum Gasteiger partial charge on any atom is -0.394 e. The quantitative estimate of drug-likeness (QED) is 0.261. The Morgan fingerprint density at radius 1 is 0.727 bits per heavy atom. The Labute approximate surface area is 131 Å². The number of rotatable bonds is 16. The second kappa shape index (κ2) is 15.1. The molecule has 22 heavy (non-hydrogen) atoms. The van der Waals surface area contributed by atoms with Gasteiger partial charge in [-0.15, -0.1) is 13.2 Å². The summed E-state index contributed by atoms with van der Waals surface area (Å²) in [7, 11) is 0. The first-order valence-corrected chi connectivity index (χ1v) is 7.18. The molecule has 0 heterocycles. The monoisotopic (exact) mass is 320 g/mol. The van der Waals surface area contributed by atoms with E-state index in [9.17, 15) is 5.11 Å². The standard InChI is InChI=1S/C15H28O7/c1-3-5-19-10-14(9-18)22-15(11-20-6-4-2)12-21-13(7-16)8-17/h3-4,13-18H,1-2,5-12H2. The van der Waals surface area contributed by atoms with Crippen molar-refractivity contribution in [3.63, 3.8) is 0 Å². The van der Waals surface area contributed by atoms with Crippen LogP contribution in [0.5, 0.6) is 0 Å². The van der Waals surface area contributed by atoms with Crippen molar-refractivity contribution in [2.75, 3.05) is 52.9 Å². The van der Waals surface area contributed by atoms with E-state index in [2.05, 4.69) is 13.2 Å². The summed E-state index contributed by atoms with van der Waals surface area (Å²) in [5.74, 6) is 0. The van der Waals surface area contributed by atoms with Gasteiger partial charge in [-0.05, 0) is 0 Å². The summed E-state index contributed by atoms with van der Waals surface area (Å²) in [6.45, 7) is 7.58. The zero-order chi connectivity index (χ0) is 16.6. The zero-order valence-electron chi connectivity index (χ0n) is 12.9. The normalized spacial score (nSPS) is 14.0. The SMILES string of the molecule is C=CCOCC(CO)OC(COCC=C)COC(CO)CO. The van der Waals surface area contributed by atoms with Crippen LogP contribution in [-0.4, -0.2) is 86.5 Å².